The predicted molar refractivity (Wildman–Crippen MR) is 116 cm³/mol. The quantitative estimate of drug-likeness (QED) is 0.516. The van der Waals surface area contributed by atoms with Gasteiger partial charge in [0.05, 0.1) is 16.3 Å². The zero-order chi connectivity index (χ0) is 19.7. The Hall–Kier alpha value is -3.05. The predicted octanol–water partition coefficient (Wildman–Crippen LogP) is 6.01. The van der Waals surface area contributed by atoms with E-state index in [1.54, 1.807) is 11.0 Å². The number of benzene rings is 2. The summed E-state index contributed by atoms with van der Waals surface area (Å²) in [6.45, 7) is 5.95. The molecule has 0 unspecified atom stereocenters. The minimum atomic E-state index is -0.102. The molecule has 5 heteroatoms. The van der Waals surface area contributed by atoms with Gasteiger partial charge in [-0.25, -0.2) is 4.99 Å². The van der Waals surface area contributed by atoms with Crippen molar-refractivity contribution in [3.63, 3.8) is 0 Å². The van der Waals surface area contributed by atoms with E-state index in [0.717, 1.165) is 28.3 Å². The van der Waals surface area contributed by atoms with Crippen molar-refractivity contribution in [2.24, 2.45) is 4.99 Å². The number of aryl methyl sites for hydroxylation is 3. The summed E-state index contributed by atoms with van der Waals surface area (Å²) in [5.74, 6) is 1.37. The van der Waals surface area contributed by atoms with Gasteiger partial charge in [-0.1, -0.05) is 36.4 Å². The molecular formula is C23H20N2O2S. The van der Waals surface area contributed by atoms with Crippen molar-refractivity contribution < 1.29 is 9.21 Å². The van der Waals surface area contributed by atoms with Gasteiger partial charge in [-0.15, -0.1) is 0 Å². The van der Waals surface area contributed by atoms with Crippen molar-refractivity contribution in [2.75, 3.05) is 4.90 Å². The van der Waals surface area contributed by atoms with Crippen LogP contribution in [0, 0.1) is 20.8 Å². The van der Waals surface area contributed by atoms with Crippen LogP contribution >= 0.6 is 11.8 Å². The molecule has 4 nitrogen and oxygen atoms in total. The van der Waals surface area contributed by atoms with Crippen LogP contribution in [0.4, 0.5) is 11.4 Å². The van der Waals surface area contributed by atoms with Crippen LogP contribution in [0.3, 0.4) is 0 Å². The molecule has 0 radical (unpaired) electrons. The molecule has 0 atom stereocenters. The van der Waals surface area contributed by atoms with Crippen molar-refractivity contribution in [1.29, 1.82) is 0 Å². The molecule has 4 rings (SSSR count). The molecular weight excluding hydrogens is 368 g/mol. The lowest BCUT2D eigenvalue weighted by atomic mass is 10.1. The Labute approximate surface area is 168 Å². The minimum Gasteiger partial charge on any atom is -0.462 e. The van der Waals surface area contributed by atoms with Gasteiger partial charge in [0.15, 0.2) is 5.17 Å². The third-order valence-electron chi connectivity index (χ3n) is 4.50. The molecule has 0 aliphatic carbocycles. The van der Waals surface area contributed by atoms with Crippen LogP contribution in [-0.4, -0.2) is 11.1 Å². The Kier molecular flexibility index (Phi) is 4.92. The normalized spacial score (nSPS) is 17.1. The number of amides is 1. The van der Waals surface area contributed by atoms with Gasteiger partial charge in [-0.05, 0) is 67.9 Å². The maximum Gasteiger partial charge on any atom is 0.271 e. The number of carbonyl (C=O) groups excluding carboxylic acids is 1. The number of rotatable bonds is 3. The first-order valence-electron chi connectivity index (χ1n) is 9.03. The minimum absolute atomic E-state index is 0.102. The molecule has 0 N–H and O–H groups in total. The van der Waals surface area contributed by atoms with Crippen molar-refractivity contribution in [2.45, 2.75) is 20.8 Å². The fourth-order valence-corrected chi connectivity index (χ4v) is 4.06. The molecule has 2 heterocycles. The third kappa shape index (κ3) is 3.53. The highest BCUT2D eigenvalue weighted by Gasteiger charge is 2.35. The van der Waals surface area contributed by atoms with Gasteiger partial charge in [0.25, 0.3) is 5.91 Å². The average molecular weight is 388 g/mol. The first-order chi connectivity index (χ1) is 13.5. The van der Waals surface area contributed by atoms with Gasteiger partial charge in [0.2, 0.25) is 0 Å². The summed E-state index contributed by atoms with van der Waals surface area (Å²) in [6, 6.07) is 19.4. The Morgan fingerprint density at radius 2 is 1.64 bits per heavy atom. The molecule has 140 valence electrons. The summed E-state index contributed by atoms with van der Waals surface area (Å²) in [7, 11) is 0. The number of aliphatic imine (C=N–C) groups is 1. The number of para-hydroxylation sites is 2. The summed E-state index contributed by atoms with van der Waals surface area (Å²) >= 11 is 1.37. The second kappa shape index (κ2) is 7.52. The number of hydrogen-bond acceptors (Lipinski definition) is 4. The van der Waals surface area contributed by atoms with E-state index >= 15 is 0 Å². The summed E-state index contributed by atoms with van der Waals surface area (Å²) in [4.78, 5) is 20.3. The summed E-state index contributed by atoms with van der Waals surface area (Å²) < 4.78 is 5.63. The summed E-state index contributed by atoms with van der Waals surface area (Å²) in [5.41, 5.74) is 3.85. The molecule has 2 aromatic carbocycles. The van der Waals surface area contributed by atoms with Gasteiger partial charge in [-0.2, -0.15) is 0 Å². The molecule has 28 heavy (non-hydrogen) atoms. The van der Waals surface area contributed by atoms with Gasteiger partial charge < -0.3 is 4.42 Å². The van der Waals surface area contributed by atoms with Gasteiger partial charge >= 0.3 is 0 Å². The van der Waals surface area contributed by atoms with Gasteiger partial charge in [-0.3, -0.25) is 9.69 Å². The second-order valence-corrected chi connectivity index (χ2v) is 7.68. The van der Waals surface area contributed by atoms with Gasteiger partial charge in [0.1, 0.15) is 11.5 Å². The first-order valence-corrected chi connectivity index (χ1v) is 9.85. The fourth-order valence-electron chi connectivity index (χ4n) is 3.09. The van der Waals surface area contributed by atoms with E-state index in [1.807, 2.05) is 81.4 Å². The van der Waals surface area contributed by atoms with Crippen LogP contribution in [0.1, 0.15) is 22.6 Å². The van der Waals surface area contributed by atoms with E-state index in [0.29, 0.717) is 15.8 Å². The van der Waals surface area contributed by atoms with Crippen molar-refractivity contribution in [3.05, 3.63) is 88.2 Å². The van der Waals surface area contributed by atoms with E-state index in [1.165, 1.54) is 11.8 Å². The van der Waals surface area contributed by atoms with Crippen LogP contribution < -0.4 is 4.90 Å². The molecule has 1 amide bonds. The monoisotopic (exact) mass is 388 g/mol. The lowest BCUT2D eigenvalue weighted by Crippen LogP contribution is -2.28. The second-order valence-electron chi connectivity index (χ2n) is 6.67. The number of carbonyl (C=O) groups is 1. The highest BCUT2D eigenvalue weighted by Crippen LogP contribution is 2.38. The number of hydrogen-bond donors (Lipinski definition) is 0. The Bertz CT molecular complexity index is 1080. The maximum atomic E-state index is 13.2. The molecule has 1 aromatic heterocycles. The molecule has 3 aromatic rings. The molecule has 0 saturated carbocycles. The van der Waals surface area contributed by atoms with E-state index in [-0.39, 0.29) is 5.91 Å². The number of amidine groups is 1. The molecule has 0 bridgehead atoms. The van der Waals surface area contributed by atoms with E-state index in [2.05, 4.69) is 0 Å². The maximum absolute atomic E-state index is 13.2. The van der Waals surface area contributed by atoms with Crippen LogP contribution in [0.15, 0.2) is 75.0 Å². The Morgan fingerprint density at radius 1 is 0.929 bits per heavy atom. The number of furan rings is 1. The van der Waals surface area contributed by atoms with Crippen LogP contribution in [0.25, 0.3) is 6.08 Å². The van der Waals surface area contributed by atoms with Gasteiger partial charge in [0, 0.05) is 6.08 Å². The van der Waals surface area contributed by atoms with Crippen molar-refractivity contribution >= 4 is 40.3 Å². The van der Waals surface area contributed by atoms with Crippen molar-refractivity contribution in [3.8, 4) is 0 Å². The van der Waals surface area contributed by atoms with Crippen LogP contribution in [-0.2, 0) is 4.79 Å². The highest BCUT2D eigenvalue weighted by molar-refractivity contribution is 8.19. The number of anilines is 1. The third-order valence-corrected chi connectivity index (χ3v) is 5.47. The highest BCUT2D eigenvalue weighted by atomic mass is 32.2. The summed E-state index contributed by atoms with van der Waals surface area (Å²) in [5, 5.41) is 0.642. The zero-order valence-corrected chi connectivity index (χ0v) is 16.8. The first kappa shape index (κ1) is 18.3. The Balaban J connectivity index is 1.82. The topological polar surface area (TPSA) is 45.8 Å². The zero-order valence-electron chi connectivity index (χ0n) is 16.0. The molecule has 0 spiro atoms. The van der Waals surface area contributed by atoms with E-state index in [9.17, 15) is 4.79 Å². The van der Waals surface area contributed by atoms with Crippen LogP contribution in [0.2, 0.25) is 0 Å². The smallest absolute Gasteiger partial charge is 0.271 e. The molecule has 1 aliphatic heterocycles. The average Bonchev–Trinajstić information content (AvgIpc) is 3.22. The van der Waals surface area contributed by atoms with Crippen LogP contribution in [0.5, 0.6) is 0 Å². The molecule has 1 aliphatic rings. The number of nitrogens with zero attached hydrogens (tertiary/aromatic N) is 2. The fraction of sp³-hybridized carbons (Fsp3) is 0.130. The summed E-state index contributed by atoms with van der Waals surface area (Å²) in [6.07, 6.45) is 1.78. The van der Waals surface area contributed by atoms with Crippen molar-refractivity contribution in [1.82, 2.24) is 0 Å². The van der Waals surface area contributed by atoms with E-state index < -0.39 is 0 Å². The standard InChI is InChI=1S/C23H20N2O2S/c1-15-8-7-9-16(2)21(15)24-23-25(18-10-5-4-6-11-18)22(26)20(28-23)14-19-13-12-17(3)27-19/h4-14H,1-3H3/b20-14-,24-23?. The molecule has 1 fully saturated rings. The molecule has 1 saturated heterocycles. The largest absolute Gasteiger partial charge is 0.462 e. The Morgan fingerprint density at radius 3 is 2.29 bits per heavy atom. The lowest BCUT2D eigenvalue weighted by molar-refractivity contribution is -0.113. The number of thioether (sulfide) groups is 1. The van der Waals surface area contributed by atoms with E-state index in [4.69, 9.17) is 9.41 Å². The SMILES string of the molecule is Cc1ccc(/C=C2\SC(=Nc3c(C)cccc3C)N(c3ccccc3)C2=O)o1. The lowest BCUT2D eigenvalue weighted by Gasteiger charge is -2.16.